The van der Waals surface area contributed by atoms with Gasteiger partial charge in [0.2, 0.25) is 0 Å². The molecule has 1 aromatic heterocycles. The number of phenols is 1. The van der Waals surface area contributed by atoms with Gasteiger partial charge in [-0.25, -0.2) is 0 Å². The first-order valence-corrected chi connectivity index (χ1v) is 7.28. The minimum Gasteiger partial charge on any atom is -0.545 e. The van der Waals surface area contributed by atoms with Crippen molar-refractivity contribution in [1.82, 2.24) is 4.57 Å². The van der Waals surface area contributed by atoms with Crippen LogP contribution in [-0.2, 0) is 25.9 Å². The molecule has 128 valence electrons. The molecule has 0 radical (unpaired) electrons. The number of nitrogens with zero attached hydrogens (tertiary/aromatic N) is 2. The largest absolute Gasteiger partial charge is 0.545 e. The molecule has 0 aliphatic rings. The van der Waals surface area contributed by atoms with Gasteiger partial charge < -0.3 is 14.5 Å². The molecule has 25 heavy (non-hydrogen) atoms. The van der Waals surface area contributed by atoms with E-state index in [1.165, 1.54) is 0 Å². The van der Waals surface area contributed by atoms with Crippen molar-refractivity contribution >= 4 is 17.8 Å². The number of carbonyl (C=O) groups excluding carboxylic acids is 1. The number of hydrogen-bond acceptors (Lipinski definition) is 2. The van der Waals surface area contributed by atoms with Crippen LogP contribution in [0.15, 0.2) is 72.8 Å². The molecule has 4 aromatic rings. The van der Waals surface area contributed by atoms with Crippen molar-refractivity contribution in [1.29, 1.82) is 0 Å². The molecule has 4 nitrogen and oxygen atoms in total. The Morgan fingerprint density at radius 2 is 1.60 bits per heavy atom. The van der Waals surface area contributed by atoms with E-state index in [-0.39, 0.29) is 26.8 Å². The van der Waals surface area contributed by atoms with Crippen LogP contribution in [0.1, 0.15) is 0 Å². The molecule has 4 rings (SSSR count). The van der Waals surface area contributed by atoms with E-state index in [0.717, 1.165) is 16.7 Å². The molecule has 0 saturated carbocycles. The van der Waals surface area contributed by atoms with Crippen LogP contribution in [0.5, 0.6) is 5.75 Å². The third kappa shape index (κ3) is 3.54. The van der Waals surface area contributed by atoms with Crippen molar-refractivity contribution in [3.63, 3.8) is 0 Å². The summed E-state index contributed by atoms with van der Waals surface area (Å²) < 4.78 is 3.81. The van der Waals surface area contributed by atoms with Crippen LogP contribution in [0.2, 0.25) is 0 Å². The average Bonchev–Trinajstić information content (AvgIpc) is 3.04. The SMILES string of the molecule is Oc1ccccc1-[n+]1[c-]n(-c2[c-]cccc2)c2ccccc21.[CH-]=O.[Pt]. The first-order chi connectivity index (χ1) is 11.8. The number of rotatable bonds is 2. The summed E-state index contributed by atoms with van der Waals surface area (Å²) >= 11 is 0. The predicted molar refractivity (Wildman–Crippen MR) is 90.9 cm³/mol. The van der Waals surface area contributed by atoms with Crippen molar-refractivity contribution in [2.24, 2.45) is 0 Å². The number of hydrogen-bond donors (Lipinski definition) is 1. The maximum Gasteiger partial charge on any atom is 0.268 e. The maximum atomic E-state index is 10.1. The van der Waals surface area contributed by atoms with Crippen LogP contribution >= 0.6 is 0 Å². The second-order valence-electron chi connectivity index (χ2n) is 5.00. The van der Waals surface area contributed by atoms with Gasteiger partial charge in [0.15, 0.2) is 0 Å². The van der Waals surface area contributed by atoms with E-state index in [2.05, 4.69) is 19.2 Å². The fourth-order valence-corrected chi connectivity index (χ4v) is 2.59. The summed E-state index contributed by atoms with van der Waals surface area (Å²) in [6.45, 7) is 3.25. The van der Waals surface area contributed by atoms with E-state index in [4.69, 9.17) is 4.79 Å². The molecule has 0 unspecified atom stereocenters. The Balaban J connectivity index is 0.000000726. The molecular formula is C20H14N2O2Pt-2. The zero-order chi connectivity index (χ0) is 16.9. The molecule has 0 bridgehead atoms. The maximum absolute atomic E-state index is 10.1. The monoisotopic (exact) mass is 509 g/mol. The van der Waals surface area contributed by atoms with Gasteiger partial charge in [-0.2, -0.15) is 30.3 Å². The third-order valence-corrected chi connectivity index (χ3v) is 3.62. The molecule has 0 saturated heterocycles. The molecular weight excluding hydrogens is 495 g/mol. The van der Waals surface area contributed by atoms with Crippen LogP contribution in [0.4, 0.5) is 0 Å². The van der Waals surface area contributed by atoms with E-state index in [0.29, 0.717) is 5.69 Å². The minimum absolute atomic E-state index is 0. The fraction of sp³-hybridized carbons (Fsp3) is 0. The minimum atomic E-state index is 0. The number of aromatic hydroxyl groups is 1. The summed E-state index contributed by atoms with van der Waals surface area (Å²) in [5.74, 6) is 0.226. The van der Waals surface area contributed by atoms with Gasteiger partial charge in [-0.3, -0.25) is 11.4 Å². The van der Waals surface area contributed by atoms with Gasteiger partial charge in [-0.15, -0.1) is 0 Å². The molecule has 0 spiro atoms. The molecule has 3 aromatic carbocycles. The molecule has 0 amide bonds. The number of para-hydroxylation sites is 5. The van der Waals surface area contributed by atoms with Crippen LogP contribution in [0.25, 0.3) is 22.4 Å². The summed E-state index contributed by atoms with van der Waals surface area (Å²) in [5.41, 5.74) is 3.59. The Bertz CT molecular complexity index is 968. The third-order valence-electron chi connectivity index (χ3n) is 3.62. The summed E-state index contributed by atoms with van der Waals surface area (Å²) in [4.78, 5) is 7.75. The molecule has 1 heterocycles. The predicted octanol–water partition coefficient (Wildman–Crippen LogP) is 2.94. The van der Waals surface area contributed by atoms with E-state index in [1.807, 2.05) is 75.9 Å². The number of imidazole rings is 1. The summed E-state index contributed by atoms with van der Waals surface area (Å²) in [7, 11) is 0. The second-order valence-corrected chi connectivity index (χ2v) is 5.00. The smallest absolute Gasteiger partial charge is 0.268 e. The normalized spacial score (nSPS) is 9.76. The standard InChI is InChI=1S/C19H13N2O.CHO.Pt/c22-19-13-7-6-12-18(19)21-14-20(15-8-2-1-3-9-15)16-10-4-5-11-17(16)21;1-2;/h1-8,10-13,22H;1H;/q2*-1;. The fourth-order valence-electron chi connectivity index (χ4n) is 2.59. The molecule has 0 fully saturated rings. The Morgan fingerprint density at radius 1 is 0.920 bits per heavy atom. The zero-order valence-electron chi connectivity index (χ0n) is 13.1. The topological polar surface area (TPSA) is 46.1 Å². The van der Waals surface area contributed by atoms with Crippen LogP contribution in [0, 0.1) is 12.4 Å². The number of fused-ring (bicyclic) bond motifs is 1. The van der Waals surface area contributed by atoms with Gasteiger partial charge in [0.05, 0.1) is 11.0 Å². The Hall–Kier alpha value is -2.71. The van der Waals surface area contributed by atoms with Crippen LogP contribution < -0.4 is 4.57 Å². The Kier molecular flexibility index (Phi) is 6.26. The zero-order valence-corrected chi connectivity index (χ0v) is 15.3. The number of aromatic nitrogens is 2. The Labute approximate surface area is 160 Å². The quantitative estimate of drug-likeness (QED) is 0.257. The van der Waals surface area contributed by atoms with Crippen LogP contribution in [-0.4, -0.2) is 16.5 Å². The van der Waals surface area contributed by atoms with Gasteiger partial charge >= 0.3 is 0 Å². The summed E-state index contributed by atoms with van der Waals surface area (Å²) in [6, 6.07) is 26.3. The van der Waals surface area contributed by atoms with Crippen molar-refractivity contribution in [2.75, 3.05) is 0 Å². The van der Waals surface area contributed by atoms with Gasteiger partial charge in [0.1, 0.15) is 11.4 Å². The molecule has 1 N–H and O–H groups in total. The summed E-state index contributed by atoms with van der Waals surface area (Å²) in [5, 5.41) is 10.1. The van der Waals surface area contributed by atoms with Gasteiger partial charge in [-0.05, 0) is 17.8 Å². The van der Waals surface area contributed by atoms with Gasteiger partial charge in [0.25, 0.3) is 6.33 Å². The van der Waals surface area contributed by atoms with E-state index in [1.54, 1.807) is 6.07 Å². The van der Waals surface area contributed by atoms with Crippen molar-refractivity contribution in [3.05, 3.63) is 85.2 Å². The van der Waals surface area contributed by atoms with Gasteiger partial charge in [-0.1, -0.05) is 36.4 Å². The first kappa shape index (κ1) is 18.6. The number of phenolic OH excluding ortho intramolecular Hbond substituents is 1. The second kappa shape index (κ2) is 8.41. The van der Waals surface area contributed by atoms with E-state index < -0.39 is 0 Å². The van der Waals surface area contributed by atoms with E-state index in [9.17, 15) is 5.11 Å². The molecule has 5 heteroatoms. The average molecular weight is 509 g/mol. The van der Waals surface area contributed by atoms with Gasteiger partial charge in [0, 0.05) is 21.1 Å². The first-order valence-electron chi connectivity index (χ1n) is 7.28. The number of benzene rings is 3. The Morgan fingerprint density at radius 3 is 2.32 bits per heavy atom. The van der Waals surface area contributed by atoms with Crippen molar-refractivity contribution in [3.8, 4) is 17.1 Å². The summed E-state index contributed by atoms with van der Waals surface area (Å²) in [6.07, 6.45) is 3.31. The molecule has 0 aliphatic carbocycles. The van der Waals surface area contributed by atoms with Crippen LogP contribution in [0.3, 0.4) is 0 Å². The van der Waals surface area contributed by atoms with Crippen molar-refractivity contribution in [2.45, 2.75) is 0 Å². The molecule has 0 atom stereocenters. The van der Waals surface area contributed by atoms with E-state index >= 15 is 0 Å². The molecule has 0 aliphatic heterocycles. The van der Waals surface area contributed by atoms with Crippen molar-refractivity contribution < 1.29 is 35.5 Å².